The molecule has 0 bridgehead atoms. The maximum absolute atomic E-state index is 11.7. The average Bonchev–Trinajstić information content (AvgIpc) is 1.99. The molecule has 0 saturated carbocycles. The van der Waals surface area contributed by atoms with Crippen LogP contribution in [0.3, 0.4) is 0 Å². The van der Waals surface area contributed by atoms with E-state index < -0.39 is 34.4 Å². The molecule has 0 aromatic heterocycles. The first-order valence-corrected chi connectivity index (χ1v) is 5.86. The van der Waals surface area contributed by atoms with Crippen LogP contribution in [0.4, 0.5) is 13.2 Å². The molecule has 1 unspecified atom stereocenters. The Morgan fingerprint density at radius 3 is 2.33 bits per heavy atom. The Balaban J connectivity index is 4.24. The van der Waals surface area contributed by atoms with Gasteiger partial charge in [-0.1, -0.05) is 12.2 Å². The summed E-state index contributed by atoms with van der Waals surface area (Å²) < 4.78 is 59.3. The van der Waals surface area contributed by atoms with Crippen molar-refractivity contribution in [3.05, 3.63) is 0 Å². The molecule has 0 fully saturated rings. The first kappa shape index (κ1) is 14.6. The second-order valence-electron chi connectivity index (χ2n) is 2.85. The van der Waals surface area contributed by atoms with Crippen LogP contribution in [0.5, 0.6) is 0 Å². The first-order valence-electron chi connectivity index (χ1n) is 3.91. The van der Waals surface area contributed by atoms with Gasteiger partial charge in [0.25, 0.3) is 0 Å². The van der Waals surface area contributed by atoms with Crippen molar-refractivity contribution in [3.8, 4) is 0 Å². The second kappa shape index (κ2) is 5.08. The van der Waals surface area contributed by atoms with Crippen molar-refractivity contribution in [2.24, 2.45) is 5.73 Å². The third kappa shape index (κ3) is 5.90. The smallest absolute Gasteiger partial charge is 0.390 e. The summed E-state index contributed by atoms with van der Waals surface area (Å²) in [7, 11) is -3.90. The van der Waals surface area contributed by atoms with Gasteiger partial charge in [-0.3, -0.25) is 0 Å². The van der Waals surface area contributed by atoms with Crippen molar-refractivity contribution < 1.29 is 21.6 Å². The lowest BCUT2D eigenvalue weighted by molar-refractivity contribution is -0.132. The molecule has 3 N–H and O–H groups in total. The quantitative estimate of drug-likeness (QED) is 0.711. The van der Waals surface area contributed by atoms with E-state index in [1.54, 1.807) is 4.72 Å². The van der Waals surface area contributed by atoms with E-state index in [0.717, 1.165) is 0 Å². The SMILES string of the molecule is CC(C(N)=S)S(=O)(=O)NCCC(F)(F)F. The highest BCUT2D eigenvalue weighted by Crippen LogP contribution is 2.18. The maximum Gasteiger partial charge on any atom is 0.390 e. The van der Waals surface area contributed by atoms with Gasteiger partial charge in [0, 0.05) is 6.54 Å². The van der Waals surface area contributed by atoms with Crippen LogP contribution in [-0.4, -0.2) is 31.4 Å². The number of nitrogens with one attached hydrogen (secondary N) is 1. The molecule has 0 spiro atoms. The van der Waals surface area contributed by atoms with E-state index in [4.69, 9.17) is 5.73 Å². The summed E-state index contributed by atoms with van der Waals surface area (Å²) in [5.74, 6) is 0. The fourth-order valence-electron chi connectivity index (χ4n) is 0.613. The van der Waals surface area contributed by atoms with E-state index in [0.29, 0.717) is 0 Å². The highest BCUT2D eigenvalue weighted by molar-refractivity contribution is 7.93. The van der Waals surface area contributed by atoms with Gasteiger partial charge in [-0.2, -0.15) is 13.2 Å². The maximum atomic E-state index is 11.7. The minimum Gasteiger partial charge on any atom is -0.392 e. The van der Waals surface area contributed by atoms with Gasteiger partial charge >= 0.3 is 6.18 Å². The van der Waals surface area contributed by atoms with Crippen LogP contribution in [0.1, 0.15) is 13.3 Å². The standard InChI is InChI=1S/C6H11F3N2O2S2/c1-4(5(10)14)15(12,13)11-3-2-6(7,8)9/h4,11H,2-3H2,1H3,(H2,10,14). The lowest BCUT2D eigenvalue weighted by Crippen LogP contribution is -2.41. The fraction of sp³-hybridized carbons (Fsp3) is 0.833. The molecule has 0 aliphatic heterocycles. The number of thiocarbonyl (C=S) groups is 1. The highest BCUT2D eigenvalue weighted by atomic mass is 32.2. The van der Waals surface area contributed by atoms with E-state index >= 15 is 0 Å². The predicted octanol–water partition coefficient (Wildman–Crippen LogP) is 0.533. The van der Waals surface area contributed by atoms with Crippen molar-refractivity contribution in [1.82, 2.24) is 4.72 Å². The van der Waals surface area contributed by atoms with Crippen LogP contribution >= 0.6 is 12.2 Å². The van der Waals surface area contributed by atoms with Gasteiger partial charge < -0.3 is 5.73 Å². The Hall–Kier alpha value is -0.410. The molecular formula is C6H11F3N2O2S2. The molecule has 0 aliphatic carbocycles. The highest BCUT2D eigenvalue weighted by Gasteiger charge is 2.29. The van der Waals surface area contributed by atoms with E-state index in [1.165, 1.54) is 6.92 Å². The number of halogens is 3. The van der Waals surface area contributed by atoms with Gasteiger partial charge in [-0.15, -0.1) is 0 Å². The number of hydrogen-bond acceptors (Lipinski definition) is 3. The Morgan fingerprint density at radius 2 is 2.00 bits per heavy atom. The lowest BCUT2D eigenvalue weighted by atomic mass is 10.4. The van der Waals surface area contributed by atoms with Crippen LogP contribution in [0.15, 0.2) is 0 Å². The van der Waals surface area contributed by atoms with Gasteiger partial charge in [-0.25, -0.2) is 13.1 Å². The minimum atomic E-state index is -4.39. The molecule has 4 nitrogen and oxygen atoms in total. The molecule has 0 rings (SSSR count). The largest absolute Gasteiger partial charge is 0.392 e. The molecule has 0 aromatic carbocycles. The van der Waals surface area contributed by atoms with Crippen molar-refractivity contribution in [1.29, 1.82) is 0 Å². The van der Waals surface area contributed by atoms with E-state index in [2.05, 4.69) is 12.2 Å². The number of nitrogens with two attached hydrogens (primary N) is 1. The molecule has 90 valence electrons. The number of hydrogen-bond donors (Lipinski definition) is 2. The number of alkyl halides is 3. The van der Waals surface area contributed by atoms with Crippen molar-refractivity contribution >= 4 is 27.2 Å². The van der Waals surface area contributed by atoms with E-state index in [1.807, 2.05) is 0 Å². The van der Waals surface area contributed by atoms with E-state index in [-0.39, 0.29) is 4.99 Å². The predicted molar refractivity (Wildman–Crippen MR) is 53.8 cm³/mol. The summed E-state index contributed by atoms with van der Waals surface area (Å²) in [4.78, 5) is -0.283. The van der Waals surface area contributed by atoms with E-state index in [9.17, 15) is 21.6 Å². The Kier molecular flexibility index (Phi) is 4.94. The van der Waals surface area contributed by atoms with Crippen LogP contribution < -0.4 is 10.5 Å². The molecule has 9 heteroatoms. The third-order valence-corrected chi connectivity index (χ3v) is 3.87. The molecule has 15 heavy (non-hydrogen) atoms. The van der Waals surface area contributed by atoms with Gasteiger partial charge in [0.1, 0.15) is 5.25 Å². The molecule has 0 amide bonds. The minimum absolute atomic E-state index is 0.283. The lowest BCUT2D eigenvalue weighted by Gasteiger charge is -2.13. The van der Waals surface area contributed by atoms with Gasteiger partial charge in [0.15, 0.2) is 0 Å². The Labute approximate surface area is 91.1 Å². The Morgan fingerprint density at radius 1 is 1.53 bits per heavy atom. The molecule has 0 aromatic rings. The summed E-state index contributed by atoms with van der Waals surface area (Å²) >= 11 is 4.43. The average molecular weight is 264 g/mol. The van der Waals surface area contributed by atoms with Crippen LogP contribution in [0.25, 0.3) is 0 Å². The van der Waals surface area contributed by atoms with Crippen LogP contribution in [0, 0.1) is 0 Å². The second-order valence-corrected chi connectivity index (χ2v) is 5.41. The number of rotatable bonds is 5. The first-order chi connectivity index (χ1) is 6.56. The zero-order chi connectivity index (χ0) is 12.3. The van der Waals surface area contributed by atoms with Crippen LogP contribution in [0.2, 0.25) is 0 Å². The monoisotopic (exact) mass is 264 g/mol. The van der Waals surface area contributed by atoms with Crippen molar-refractivity contribution in [2.75, 3.05) is 6.54 Å². The van der Waals surface area contributed by atoms with Crippen molar-refractivity contribution in [3.63, 3.8) is 0 Å². The summed E-state index contributed by atoms with van der Waals surface area (Å²) in [6.07, 6.45) is -5.62. The molecule has 0 heterocycles. The zero-order valence-electron chi connectivity index (χ0n) is 7.84. The van der Waals surface area contributed by atoms with Gasteiger partial charge in [0.2, 0.25) is 10.0 Å². The molecule has 1 atom stereocenters. The summed E-state index contributed by atoms with van der Waals surface area (Å²) in [5.41, 5.74) is 5.07. The fourth-order valence-corrected chi connectivity index (χ4v) is 1.94. The molecular weight excluding hydrogens is 253 g/mol. The molecule has 0 saturated heterocycles. The Bertz CT molecular complexity index is 326. The molecule has 0 radical (unpaired) electrons. The molecule has 0 aliphatic rings. The summed E-state index contributed by atoms with van der Waals surface area (Å²) in [5, 5.41) is -1.18. The van der Waals surface area contributed by atoms with Gasteiger partial charge in [-0.05, 0) is 6.92 Å². The van der Waals surface area contributed by atoms with Crippen LogP contribution in [-0.2, 0) is 10.0 Å². The normalized spacial score (nSPS) is 14.9. The zero-order valence-corrected chi connectivity index (χ0v) is 9.47. The summed E-state index contributed by atoms with van der Waals surface area (Å²) in [6, 6.07) is 0. The number of sulfonamides is 1. The summed E-state index contributed by atoms with van der Waals surface area (Å²) in [6.45, 7) is 0.497. The third-order valence-electron chi connectivity index (χ3n) is 1.58. The van der Waals surface area contributed by atoms with Gasteiger partial charge in [0.05, 0.1) is 11.4 Å². The van der Waals surface area contributed by atoms with Crippen molar-refractivity contribution in [2.45, 2.75) is 24.8 Å². The topological polar surface area (TPSA) is 72.2 Å².